The van der Waals surface area contributed by atoms with Crippen molar-refractivity contribution in [3.63, 3.8) is 0 Å². The van der Waals surface area contributed by atoms with Crippen molar-refractivity contribution in [2.45, 2.75) is 17.8 Å². The molecular formula is C17H17N3O7S2. The van der Waals surface area contributed by atoms with E-state index < -0.39 is 35.9 Å². The van der Waals surface area contributed by atoms with Gasteiger partial charge < -0.3 is 20.0 Å². The van der Waals surface area contributed by atoms with E-state index in [-0.39, 0.29) is 29.4 Å². The molecule has 0 aliphatic carbocycles. The summed E-state index contributed by atoms with van der Waals surface area (Å²) in [4.78, 5) is 54.1. The SMILES string of the molecule is COC(=O)CO/N=C/C1=C(C(=O)O)N2C(=O)[C@@H](NC(=O)Cc3cccs3)[C@H]2SC1. The third-order valence-corrected chi connectivity index (χ3v) is 6.30. The number of rotatable bonds is 8. The number of nitrogens with one attached hydrogen (secondary N) is 1. The molecule has 0 radical (unpaired) electrons. The van der Waals surface area contributed by atoms with Gasteiger partial charge in [-0.15, -0.1) is 23.1 Å². The average molecular weight is 439 g/mol. The first-order chi connectivity index (χ1) is 13.9. The summed E-state index contributed by atoms with van der Waals surface area (Å²) in [6.07, 6.45) is 1.32. The van der Waals surface area contributed by atoms with E-state index in [1.807, 2.05) is 17.5 Å². The third-order valence-electron chi connectivity index (χ3n) is 4.12. The van der Waals surface area contributed by atoms with Crippen LogP contribution in [-0.4, -0.2) is 70.9 Å². The number of nitrogens with zero attached hydrogens (tertiary/aromatic N) is 2. The van der Waals surface area contributed by atoms with Crippen molar-refractivity contribution >= 4 is 53.1 Å². The van der Waals surface area contributed by atoms with Crippen LogP contribution >= 0.6 is 23.1 Å². The monoisotopic (exact) mass is 439 g/mol. The Balaban J connectivity index is 1.66. The summed E-state index contributed by atoms with van der Waals surface area (Å²) in [5.74, 6) is -2.47. The maximum absolute atomic E-state index is 12.5. The van der Waals surface area contributed by atoms with Gasteiger partial charge in [0.05, 0.1) is 19.7 Å². The Morgan fingerprint density at radius 1 is 1.45 bits per heavy atom. The maximum Gasteiger partial charge on any atom is 0.353 e. The molecule has 0 saturated carbocycles. The van der Waals surface area contributed by atoms with Gasteiger partial charge in [0, 0.05) is 16.2 Å². The molecule has 10 nitrogen and oxygen atoms in total. The number of thiophene rings is 1. The Morgan fingerprint density at radius 2 is 2.24 bits per heavy atom. The minimum atomic E-state index is -1.29. The Hall–Kier alpha value is -2.86. The number of amides is 2. The number of carbonyl (C=O) groups excluding carboxylic acids is 3. The largest absolute Gasteiger partial charge is 0.477 e. The van der Waals surface area contributed by atoms with Crippen molar-refractivity contribution in [1.82, 2.24) is 10.2 Å². The number of thioether (sulfide) groups is 1. The molecule has 1 fully saturated rings. The molecule has 0 aromatic carbocycles. The highest BCUT2D eigenvalue weighted by molar-refractivity contribution is 8.00. The summed E-state index contributed by atoms with van der Waals surface area (Å²) in [7, 11) is 1.20. The average Bonchev–Trinajstić information content (AvgIpc) is 3.21. The zero-order valence-corrected chi connectivity index (χ0v) is 16.8. The van der Waals surface area contributed by atoms with Gasteiger partial charge in [-0.05, 0) is 11.4 Å². The van der Waals surface area contributed by atoms with Crippen LogP contribution in [0.1, 0.15) is 4.88 Å². The molecule has 2 amide bonds. The van der Waals surface area contributed by atoms with E-state index in [9.17, 15) is 24.3 Å². The first kappa shape index (κ1) is 20.9. The normalized spacial score (nSPS) is 20.9. The molecule has 1 saturated heterocycles. The number of fused-ring (bicyclic) bond motifs is 1. The number of carboxylic acid groups (broad SMARTS) is 1. The predicted octanol–water partition coefficient (Wildman–Crippen LogP) is 0.205. The van der Waals surface area contributed by atoms with E-state index in [4.69, 9.17) is 4.84 Å². The first-order valence-electron chi connectivity index (χ1n) is 8.37. The number of methoxy groups -OCH3 is 1. The minimum absolute atomic E-state index is 0.163. The van der Waals surface area contributed by atoms with E-state index in [1.54, 1.807) is 0 Å². The molecule has 0 unspecified atom stereocenters. The molecule has 0 spiro atoms. The van der Waals surface area contributed by atoms with Crippen LogP contribution in [0.25, 0.3) is 0 Å². The predicted molar refractivity (Wildman–Crippen MR) is 104 cm³/mol. The third kappa shape index (κ3) is 4.59. The number of aliphatic carboxylic acids is 1. The smallest absolute Gasteiger partial charge is 0.353 e. The highest BCUT2D eigenvalue weighted by Crippen LogP contribution is 2.39. The van der Waals surface area contributed by atoms with Gasteiger partial charge in [-0.25, -0.2) is 9.59 Å². The summed E-state index contributed by atoms with van der Waals surface area (Å²) in [6.45, 7) is -0.417. The van der Waals surface area contributed by atoms with Gasteiger partial charge in [0.1, 0.15) is 17.1 Å². The molecule has 2 atom stereocenters. The second-order valence-electron chi connectivity index (χ2n) is 5.97. The van der Waals surface area contributed by atoms with Gasteiger partial charge in [-0.1, -0.05) is 11.2 Å². The fourth-order valence-corrected chi connectivity index (χ4v) is 4.79. The summed E-state index contributed by atoms with van der Waals surface area (Å²) >= 11 is 2.75. The Labute approximate surface area is 173 Å². The number of oxime groups is 1. The summed E-state index contributed by atoms with van der Waals surface area (Å²) in [5.41, 5.74) is 0.0493. The lowest BCUT2D eigenvalue weighted by Gasteiger charge is -2.49. The Morgan fingerprint density at radius 3 is 2.90 bits per heavy atom. The number of ether oxygens (including phenoxy) is 1. The molecular weight excluding hydrogens is 422 g/mol. The molecule has 3 heterocycles. The topological polar surface area (TPSA) is 135 Å². The van der Waals surface area contributed by atoms with Crippen molar-refractivity contribution in [3.8, 4) is 0 Å². The Kier molecular flexibility index (Phi) is 6.54. The van der Waals surface area contributed by atoms with Crippen LogP contribution in [0.2, 0.25) is 0 Å². The van der Waals surface area contributed by atoms with Crippen LogP contribution in [0.15, 0.2) is 33.9 Å². The first-order valence-corrected chi connectivity index (χ1v) is 10.3. The van der Waals surface area contributed by atoms with Gasteiger partial charge in [0.25, 0.3) is 5.91 Å². The molecule has 29 heavy (non-hydrogen) atoms. The van der Waals surface area contributed by atoms with Gasteiger partial charge >= 0.3 is 11.9 Å². The molecule has 1 aromatic rings. The van der Waals surface area contributed by atoms with Gasteiger partial charge in [0.15, 0.2) is 0 Å². The zero-order valence-electron chi connectivity index (χ0n) is 15.2. The molecule has 0 bridgehead atoms. The van der Waals surface area contributed by atoms with Crippen LogP contribution in [0.5, 0.6) is 0 Å². The van der Waals surface area contributed by atoms with Gasteiger partial charge in [-0.3, -0.25) is 14.5 Å². The quantitative estimate of drug-likeness (QED) is 0.254. The van der Waals surface area contributed by atoms with E-state index in [1.165, 1.54) is 30.2 Å². The lowest BCUT2D eigenvalue weighted by molar-refractivity contribution is -0.150. The molecule has 2 aliphatic heterocycles. The molecule has 1 aromatic heterocycles. The van der Waals surface area contributed by atoms with Crippen molar-refractivity contribution in [3.05, 3.63) is 33.7 Å². The standard InChI is InChI=1S/C17H17N3O7S2/c1-26-12(22)7-27-18-6-9-8-29-16-13(15(23)20(16)14(9)17(24)25)19-11(21)5-10-3-2-4-28-10/h2-4,6,13,16H,5,7-8H2,1H3,(H,19,21)(H,24,25)/b18-6+/t13-,16-/m1/s1. The molecule has 2 N–H and O–H groups in total. The van der Waals surface area contributed by atoms with Crippen LogP contribution in [0.4, 0.5) is 0 Å². The molecule has 154 valence electrons. The highest BCUT2D eigenvalue weighted by atomic mass is 32.2. The van der Waals surface area contributed by atoms with E-state index >= 15 is 0 Å². The summed E-state index contributed by atoms with van der Waals surface area (Å²) in [6, 6.07) is 2.88. The van der Waals surface area contributed by atoms with E-state index in [0.717, 1.165) is 16.0 Å². The van der Waals surface area contributed by atoms with E-state index in [0.29, 0.717) is 0 Å². The summed E-state index contributed by atoms with van der Waals surface area (Å²) < 4.78 is 4.40. The van der Waals surface area contributed by atoms with Crippen LogP contribution < -0.4 is 5.32 Å². The number of carbonyl (C=O) groups is 4. The number of esters is 1. The number of hydrogen-bond acceptors (Lipinski definition) is 9. The second-order valence-corrected chi connectivity index (χ2v) is 8.11. The van der Waals surface area contributed by atoms with Gasteiger partial charge in [0.2, 0.25) is 12.5 Å². The van der Waals surface area contributed by atoms with E-state index in [2.05, 4.69) is 15.2 Å². The zero-order chi connectivity index (χ0) is 21.0. The van der Waals surface area contributed by atoms with Crippen molar-refractivity contribution in [2.24, 2.45) is 5.16 Å². The fraction of sp³-hybridized carbons (Fsp3) is 0.353. The van der Waals surface area contributed by atoms with Crippen molar-refractivity contribution in [2.75, 3.05) is 19.5 Å². The van der Waals surface area contributed by atoms with Crippen molar-refractivity contribution < 1.29 is 33.9 Å². The minimum Gasteiger partial charge on any atom is -0.477 e. The Bertz CT molecular complexity index is 882. The fourth-order valence-electron chi connectivity index (χ4n) is 2.79. The lowest BCUT2D eigenvalue weighted by atomic mass is 10.0. The molecule has 3 rings (SSSR count). The van der Waals surface area contributed by atoms with Crippen LogP contribution in [0.3, 0.4) is 0 Å². The molecule has 12 heteroatoms. The summed E-state index contributed by atoms with van der Waals surface area (Å²) in [5, 5.41) is 17.1. The lowest BCUT2D eigenvalue weighted by Crippen LogP contribution is -2.70. The second kappa shape index (κ2) is 9.09. The highest BCUT2D eigenvalue weighted by Gasteiger charge is 2.54. The number of β-lactam (4-membered cyclic amide) rings is 1. The van der Waals surface area contributed by atoms with Gasteiger partial charge in [-0.2, -0.15) is 0 Å². The molecule has 2 aliphatic rings. The van der Waals surface area contributed by atoms with Crippen LogP contribution in [-0.2, 0) is 35.2 Å². The van der Waals surface area contributed by atoms with Crippen LogP contribution in [0, 0.1) is 0 Å². The maximum atomic E-state index is 12.5. The number of carboxylic acids is 1. The van der Waals surface area contributed by atoms with Crippen molar-refractivity contribution in [1.29, 1.82) is 0 Å². The number of hydrogen-bond donors (Lipinski definition) is 2.